The highest BCUT2D eigenvalue weighted by atomic mass is 16.4. The van der Waals surface area contributed by atoms with Gasteiger partial charge in [0.05, 0.1) is 18.8 Å². The number of H-pyrrole nitrogens is 2. The molecule has 9 N–H and O–H groups in total. The summed E-state index contributed by atoms with van der Waals surface area (Å²) in [6.45, 7) is 0. The molecular formula is C30H33N7O7. The van der Waals surface area contributed by atoms with Gasteiger partial charge in [-0.3, -0.25) is 19.2 Å². The third kappa shape index (κ3) is 8.51. The molecule has 2 aromatic carbocycles. The number of amides is 3. The minimum Gasteiger partial charge on any atom is -0.481 e. The van der Waals surface area contributed by atoms with Gasteiger partial charge in [0.15, 0.2) is 0 Å². The third-order valence-electron chi connectivity index (χ3n) is 6.97. The molecule has 0 aliphatic rings. The Bertz CT molecular complexity index is 1600. The summed E-state index contributed by atoms with van der Waals surface area (Å²) in [7, 11) is 0. The summed E-state index contributed by atoms with van der Waals surface area (Å²) in [4.78, 5) is 73.0. The first-order valence-corrected chi connectivity index (χ1v) is 13.8. The number of nitrogens with zero attached hydrogens (tertiary/aromatic N) is 1. The molecule has 4 aromatic rings. The van der Waals surface area contributed by atoms with Gasteiger partial charge < -0.3 is 41.9 Å². The Labute approximate surface area is 251 Å². The van der Waals surface area contributed by atoms with E-state index >= 15 is 0 Å². The Morgan fingerprint density at radius 1 is 0.773 bits per heavy atom. The topological polar surface area (TPSA) is 232 Å². The van der Waals surface area contributed by atoms with Crippen molar-refractivity contribution in [2.24, 2.45) is 5.73 Å². The van der Waals surface area contributed by atoms with E-state index in [2.05, 4.69) is 30.9 Å². The Morgan fingerprint density at radius 2 is 1.43 bits per heavy atom. The van der Waals surface area contributed by atoms with Gasteiger partial charge in [0.25, 0.3) is 0 Å². The Balaban J connectivity index is 1.48. The van der Waals surface area contributed by atoms with Crippen LogP contribution in [0.5, 0.6) is 0 Å². The lowest BCUT2D eigenvalue weighted by atomic mass is 10.0. The van der Waals surface area contributed by atoms with Gasteiger partial charge in [-0.15, -0.1) is 0 Å². The van der Waals surface area contributed by atoms with Crippen LogP contribution in [0, 0.1) is 0 Å². The molecule has 230 valence electrons. The van der Waals surface area contributed by atoms with E-state index in [0.29, 0.717) is 11.3 Å². The van der Waals surface area contributed by atoms with Crippen molar-refractivity contribution >= 4 is 40.6 Å². The van der Waals surface area contributed by atoms with Gasteiger partial charge in [0.1, 0.15) is 18.1 Å². The molecule has 0 saturated carbocycles. The van der Waals surface area contributed by atoms with E-state index in [1.165, 1.54) is 12.5 Å². The number of rotatable bonds is 15. The highest BCUT2D eigenvalue weighted by molar-refractivity contribution is 5.96. The van der Waals surface area contributed by atoms with E-state index in [0.717, 1.165) is 16.5 Å². The smallest absolute Gasteiger partial charge is 0.326 e. The second kappa shape index (κ2) is 14.6. The summed E-state index contributed by atoms with van der Waals surface area (Å²) in [5, 5.41) is 27.4. The van der Waals surface area contributed by atoms with Gasteiger partial charge in [0.2, 0.25) is 17.7 Å². The molecule has 0 spiro atoms. The van der Waals surface area contributed by atoms with Crippen molar-refractivity contribution < 1.29 is 34.2 Å². The molecule has 0 saturated heterocycles. The van der Waals surface area contributed by atoms with E-state index in [1.807, 2.05) is 24.3 Å². The minimum atomic E-state index is -1.57. The van der Waals surface area contributed by atoms with E-state index < -0.39 is 60.2 Å². The van der Waals surface area contributed by atoms with Gasteiger partial charge >= 0.3 is 11.9 Å². The number of aromatic amines is 2. The number of para-hydroxylation sites is 1. The van der Waals surface area contributed by atoms with Crippen molar-refractivity contribution in [1.29, 1.82) is 0 Å². The minimum absolute atomic E-state index is 0.0391. The molecule has 2 heterocycles. The molecule has 14 nitrogen and oxygen atoms in total. The van der Waals surface area contributed by atoms with Crippen LogP contribution in [0.25, 0.3) is 10.9 Å². The Morgan fingerprint density at radius 3 is 2.11 bits per heavy atom. The zero-order valence-corrected chi connectivity index (χ0v) is 23.5. The van der Waals surface area contributed by atoms with Gasteiger partial charge in [-0.2, -0.15) is 0 Å². The van der Waals surface area contributed by atoms with Crippen LogP contribution in [0.1, 0.15) is 23.2 Å². The largest absolute Gasteiger partial charge is 0.481 e. The summed E-state index contributed by atoms with van der Waals surface area (Å²) >= 11 is 0. The molecule has 2 aromatic heterocycles. The van der Waals surface area contributed by atoms with E-state index in [4.69, 9.17) is 5.73 Å². The zero-order valence-electron chi connectivity index (χ0n) is 23.5. The molecule has 3 amide bonds. The molecule has 0 radical (unpaired) electrons. The molecule has 0 aliphatic heterocycles. The van der Waals surface area contributed by atoms with Crippen LogP contribution in [-0.2, 0) is 43.2 Å². The number of carbonyl (C=O) groups excluding carboxylic acids is 3. The first-order chi connectivity index (χ1) is 21.1. The first-order valence-electron chi connectivity index (χ1n) is 13.8. The lowest BCUT2D eigenvalue weighted by Crippen LogP contribution is -2.58. The van der Waals surface area contributed by atoms with Gasteiger partial charge in [-0.1, -0.05) is 48.5 Å². The fourth-order valence-electron chi connectivity index (χ4n) is 4.71. The van der Waals surface area contributed by atoms with Crippen molar-refractivity contribution in [2.75, 3.05) is 0 Å². The third-order valence-corrected chi connectivity index (χ3v) is 6.97. The van der Waals surface area contributed by atoms with Gasteiger partial charge in [-0.05, 0) is 23.6 Å². The predicted octanol–water partition coefficient (Wildman–Crippen LogP) is 0.260. The lowest BCUT2D eigenvalue weighted by Gasteiger charge is -2.25. The molecule has 44 heavy (non-hydrogen) atoms. The van der Waals surface area contributed by atoms with Crippen LogP contribution in [-0.4, -0.2) is 79.0 Å². The van der Waals surface area contributed by atoms with Crippen molar-refractivity contribution in [3.05, 3.63) is 90.1 Å². The highest BCUT2D eigenvalue weighted by Gasteiger charge is 2.32. The number of carboxylic acid groups (broad SMARTS) is 2. The molecule has 0 aliphatic carbocycles. The maximum atomic E-state index is 13.4. The number of nitrogens with two attached hydrogens (primary N) is 1. The van der Waals surface area contributed by atoms with E-state index in [-0.39, 0.29) is 19.3 Å². The van der Waals surface area contributed by atoms with Crippen molar-refractivity contribution in [3.8, 4) is 0 Å². The van der Waals surface area contributed by atoms with Crippen LogP contribution in [0.3, 0.4) is 0 Å². The fourth-order valence-corrected chi connectivity index (χ4v) is 4.71. The maximum Gasteiger partial charge on any atom is 0.326 e. The maximum absolute atomic E-state index is 13.4. The zero-order chi connectivity index (χ0) is 31.6. The van der Waals surface area contributed by atoms with Gasteiger partial charge in [0, 0.05) is 41.8 Å². The second-order valence-corrected chi connectivity index (χ2v) is 10.3. The quantitative estimate of drug-likeness (QED) is 0.0929. The number of carboxylic acids is 2. The second-order valence-electron chi connectivity index (χ2n) is 10.3. The molecule has 4 rings (SSSR count). The number of aliphatic carboxylic acids is 2. The fraction of sp³-hybridized carbons (Fsp3) is 0.267. The number of nitrogens with one attached hydrogen (secondary N) is 5. The van der Waals surface area contributed by atoms with Crippen molar-refractivity contribution in [2.45, 2.75) is 49.9 Å². The van der Waals surface area contributed by atoms with Crippen molar-refractivity contribution in [3.63, 3.8) is 0 Å². The normalized spacial score (nSPS) is 13.8. The van der Waals surface area contributed by atoms with Crippen LogP contribution in [0.4, 0.5) is 0 Å². The van der Waals surface area contributed by atoms with E-state index in [1.54, 1.807) is 36.5 Å². The average Bonchev–Trinajstić information content (AvgIpc) is 3.66. The molecule has 14 heteroatoms. The number of fused-ring (bicyclic) bond motifs is 1. The number of benzene rings is 2. The Kier molecular flexibility index (Phi) is 10.4. The number of aromatic nitrogens is 3. The monoisotopic (exact) mass is 603 g/mol. The number of hydrogen-bond acceptors (Lipinski definition) is 7. The number of carbonyl (C=O) groups is 5. The standard InChI is InChI=1S/C30H33N7O7/c31-21(11-18-14-33-22-9-5-4-8-20(18)22)27(40)35-24(13-26(38)39)29(42)36-23(10-17-6-2-1-3-7-17)28(41)37-25(30(43)44)12-19-15-32-16-34-19/h1-9,14-16,21,23-25,33H,10-13,31H2,(H,32,34)(H,35,40)(H,36,42)(H,37,41)(H,38,39)(H,43,44). The first kappa shape index (κ1) is 31.4. The average molecular weight is 604 g/mol. The molecule has 0 bridgehead atoms. The SMILES string of the molecule is NC(Cc1c[nH]c2ccccc12)C(=O)NC(CC(=O)O)C(=O)NC(Cc1ccccc1)C(=O)NC(Cc1cnc[nH]1)C(=O)O. The number of imidazole rings is 1. The summed E-state index contributed by atoms with van der Waals surface area (Å²) in [6.07, 6.45) is 3.72. The summed E-state index contributed by atoms with van der Waals surface area (Å²) in [6, 6.07) is 10.8. The van der Waals surface area contributed by atoms with Crippen LogP contribution >= 0.6 is 0 Å². The molecule has 4 unspecified atom stereocenters. The Hall–Kier alpha value is -5.50. The lowest BCUT2D eigenvalue weighted by molar-refractivity contribution is -0.143. The molecule has 0 fully saturated rings. The molecular weight excluding hydrogens is 570 g/mol. The van der Waals surface area contributed by atoms with Crippen LogP contribution in [0.2, 0.25) is 0 Å². The van der Waals surface area contributed by atoms with E-state index in [9.17, 15) is 34.2 Å². The summed E-state index contributed by atoms with van der Waals surface area (Å²) < 4.78 is 0. The number of hydrogen-bond donors (Lipinski definition) is 8. The highest BCUT2D eigenvalue weighted by Crippen LogP contribution is 2.19. The van der Waals surface area contributed by atoms with Crippen molar-refractivity contribution in [1.82, 2.24) is 30.9 Å². The predicted molar refractivity (Wildman–Crippen MR) is 158 cm³/mol. The molecule has 4 atom stereocenters. The van der Waals surface area contributed by atoms with Crippen LogP contribution in [0.15, 0.2) is 73.3 Å². The van der Waals surface area contributed by atoms with Crippen LogP contribution < -0.4 is 21.7 Å². The summed E-state index contributed by atoms with van der Waals surface area (Å²) in [5.41, 5.74) is 8.88. The van der Waals surface area contributed by atoms with Gasteiger partial charge in [-0.25, -0.2) is 9.78 Å². The summed E-state index contributed by atoms with van der Waals surface area (Å²) in [5.74, 6) is -5.20.